The molecule has 1 saturated heterocycles. The number of amides is 1. The van der Waals surface area contributed by atoms with Crippen molar-refractivity contribution < 1.29 is 9.53 Å². The molecular formula is C22H25N5O2. The van der Waals surface area contributed by atoms with Crippen LogP contribution in [0.25, 0.3) is 0 Å². The Labute approximate surface area is 170 Å². The first kappa shape index (κ1) is 19.3. The molecule has 7 heteroatoms. The van der Waals surface area contributed by atoms with E-state index >= 15 is 0 Å². The lowest BCUT2D eigenvalue weighted by Crippen LogP contribution is -2.37. The van der Waals surface area contributed by atoms with Crippen molar-refractivity contribution in [2.24, 2.45) is 0 Å². The standard InChI is InChI=1S/C22H25N5O2/c28-22-16-26(12-20-10-24-25-11-20)14-21(29-17-18-5-2-1-3-6-18)15-27(22)13-19-7-4-8-23-9-19/h1-11,21H,12-17H2,(H,24,25). The number of pyridine rings is 1. The van der Waals surface area contributed by atoms with E-state index in [4.69, 9.17) is 4.74 Å². The topological polar surface area (TPSA) is 74.3 Å². The van der Waals surface area contributed by atoms with Gasteiger partial charge < -0.3 is 9.64 Å². The van der Waals surface area contributed by atoms with Crippen molar-refractivity contribution in [1.82, 2.24) is 25.0 Å². The van der Waals surface area contributed by atoms with Crippen LogP contribution in [0.15, 0.2) is 67.3 Å². The number of hydrogen-bond acceptors (Lipinski definition) is 5. The third-order valence-corrected chi connectivity index (χ3v) is 4.98. The van der Waals surface area contributed by atoms with Crippen LogP contribution in [-0.2, 0) is 29.2 Å². The lowest BCUT2D eigenvalue weighted by Gasteiger charge is -2.25. The van der Waals surface area contributed by atoms with Gasteiger partial charge in [-0.25, -0.2) is 0 Å². The maximum Gasteiger partial charge on any atom is 0.237 e. The van der Waals surface area contributed by atoms with Crippen LogP contribution in [0.1, 0.15) is 16.7 Å². The summed E-state index contributed by atoms with van der Waals surface area (Å²) in [6.07, 6.45) is 7.13. The van der Waals surface area contributed by atoms with Gasteiger partial charge in [-0.2, -0.15) is 5.10 Å². The fourth-order valence-electron chi connectivity index (χ4n) is 3.55. The van der Waals surface area contributed by atoms with E-state index in [-0.39, 0.29) is 12.0 Å². The minimum atomic E-state index is -0.0785. The lowest BCUT2D eigenvalue weighted by atomic mass is 10.2. The highest BCUT2D eigenvalue weighted by Gasteiger charge is 2.28. The Morgan fingerprint density at radius 2 is 1.86 bits per heavy atom. The number of rotatable bonds is 7. The van der Waals surface area contributed by atoms with Crippen molar-refractivity contribution in [3.05, 3.63) is 83.9 Å². The number of carbonyl (C=O) groups excluding carboxylic acids is 1. The summed E-state index contributed by atoms with van der Waals surface area (Å²) >= 11 is 0. The SMILES string of the molecule is O=C1CN(Cc2cn[nH]c2)CC(OCc2ccccc2)CN1Cc1cccnc1. The van der Waals surface area contributed by atoms with E-state index in [9.17, 15) is 4.79 Å². The number of ether oxygens (including phenoxy) is 1. The van der Waals surface area contributed by atoms with Gasteiger partial charge in [-0.05, 0) is 17.2 Å². The molecule has 0 bridgehead atoms. The van der Waals surface area contributed by atoms with Crippen LogP contribution < -0.4 is 0 Å². The number of H-pyrrole nitrogens is 1. The van der Waals surface area contributed by atoms with Crippen molar-refractivity contribution >= 4 is 5.91 Å². The Kier molecular flexibility index (Phi) is 6.29. The molecule has 2 aromatic heterocycles. The van der Waals surface area contributed by atoms with Crippen molar-refractivity contribution in [3.8, 4) is 0 Å². The van der Waals surface area contributed by atoms with E-state index in [2.05, 4.69) is 32.2 Å². The van der Waals surface area contributed by atoms with Crippen LogP contribution in [-0.4, -0.2) is 56.6 Å². The van der Waals surface area contributed by atoms with Crippen molar-refractivity contribution in [1.29, 1.82) is 0 Å². The fraction of sp³-hybridized carbons (Fsp3) is 0.318. The average Bonchev–Trinajstić information content (AvgIpc) is 3.20. The van der Waals surface area contributed by atoms with E-state index in [1.54, 1.807) is 18.6 Å². The number of nitrogens with one attached hydrogen (secondary N) is 1. The summed E-state index contributed by atoms with van der Waals surface area (Å²) in [6, 6.07) is 14.0. The molecule has 3 heterocycles. The Balaban J connectivity index is 1.47. The molecular weight excluding hydrogens is 366 g/mol. The van der Waals surface area contributed by atoms with Crippen LogP contribution >= 0.6 is 0 Å². The molecule has 3 aromatic rings. The Hall–Kier alpha value is -3.03. The summed E-state index contributed by atoms with van der Waals surface area (Å²) in [5.74, 6) is 0.100. The molecule has 1 aromatic carbocycles. The smallest absolute Gasteiger partial charge is 0.237 e. The third kappa shape index (κ3) is 5.49. The first-order chi connectivity index (χ1) is 14.3. The molecule has 1 atom stereocenters. The number of carbonyl (C=O) groups is 1. The second kappa shape index (κ2) is 9.45. The molecule has 1 aliphatic rings. The Morgan fingerprint density at radius 1 is 1.00 bits per heavy atom. The predicted molar refractivity (Wildman–Crippen MR) is 109 cm³/mol. The van der Waals surface area contributed by atoms with E-state index in [1.807, 2.05) is 41.4 Å². The molecule has 1 amide bonds. The van der Waals surface area contributed by atoms with E-state index in [0.717, 1.165) is 16.7 Å². The number of nitrogens with zero attached hydrogens (tertiary/aromatic N) is 4. The van der Waals surface area contributed by atoms with Gasteiger partial charge in [0.2, 0.25) is 5.91 Å². The van der Waals surface area contributed by atoms with Gasteiger partial charge in [0.1, 0.15) is 0 Å². The molecule has 29 heavy (non-hydrogen) atoms. The molecule has 0 radical (unpaired) electrons. The highest BCUT2D eigenvalue weighted by molar-refractivity contribution is 5.78. The average molecular weight is 391 g/mol. The van der Waals surface area contributed by atoms with Crippen LogP contribution in [0.4, 0.5) is 0 Å². The second-order valence-electron chi connectivity index (χ2n) is 7.33. The highest BCUT2D eigenvalue weighted by atomic mass is 16.5. The van der Waals surface area contributed by atoms with Gasteiger partial charge in [-0.3, -0.25) is 19.8 Å². The van der Waals surface area contributed by atoms with Crippen LogP contribution in [0, 0.1) is 0 Å². The zero-order valence-corrected chi connectivity index (χ0v) is 16.3. The summed E-state index contributed by atoms with van der Waals surface area (Å²) in [6.45, 7) is 3.33. The lowest BCUT2D eigenvalue weighted by molar-refractivity contribution is -0.132. The van der Waals surface area contributed by atoms with E-state index in [0.29, 0.717) is 39.3 Å². The van der Waals surface area contributed by atoms with Crippen molar-refractivity contribution in [2.75, 3.05) is 19.6 Å². The van der Waals surface area contributed by atoms with E-state index < -0.39 is 0 Å². The highest BCUT2D eigenvalue weighted by Crippen LogP contribution is 2.15. The summed E-state index contributed by atoms with van der Waals surface area (Å²) in [5, 5.41) is 6.85. The zero-order valence-electron chi connectivity index (χ0n) is 16.3. The molecule has 0 aliphatic carbocycles. The fourth-order valence-corrected chi connectivity index (χ4v) is 3.55. The van der Waals surface area contributed by atoms with Crippen LogP contribution in [0.3, 0.4) is 0 Å². The second-order valence-corrected chi connectivity index (χ2v) is 7.33. The number of benzene rings is 1. The molecule has 1 N–H and O–H groups in total. The summed E-state index contributed by atoms with van der Waals surface area (Å²) in [5.41, 5.74) is 3.20. The summed E-state index contributed by atoms with van der Waals surface area (Å²) in [7, 11) is 0. The number of hydrogen-bond donors (Lipinski definition) is 1. The van der Waals surface area contributed by atoms with Gasteiger partial charge in [0.15, 0.2) is 0 Å². The van der Waals surface area contributed by atoms with Crippen LogP contribution in [0.5, 0.6) is 0 Å². The van der Waals surface area contributed by atoms with Gasteiger partial charge in [0.05, 0.1) is 25.5 Å². The number of aromatic amines is 1. The minimum Gasteiger partial charge on any atom is -0.370 e. The molecule has 4 rings (SSSR count). The van der Waals surface area contributed by atoms with Crippen LogP contribution in [0.2, 0.25) is 0 Å². The first-order valence-electron chi connectivity index (χ1n) is 9.78. The maximum atomic E-state index is 13.0. The Bertz CT molecular complexity index is 886. The first-order valence-corrected chi connectivity index (χ1v) is 9.78. The number of aromatic nitrogens is 3. The van der Waals surface area contributed by atoms with Gasteiger partial charge in [0, 0.05) is 50.3 Å². The zero-order chi connectivity index (χ0) is 19.9. The maximum absolute atomic E-state index is 13.0. The Morgan fingerprint density at radius 3 is 2.62 bits per heavy atom. The third-order valence-electron chi connectivity index (χ3n) is 4.98. The molecule has 7 nitrogen and oxygen atoms in total. The molecule has 1 aliphatic heterocycles. The molecule has 0 spiro atoms. The normalized spacial score (nSPS) is 18.0. The van der Waals surface area contributed by atoms with Gasteiger partial charge in [-0.1, -0.05) is 36.4 Å². The van der Waals surface area contributed by atoms with Gasteiger partial charge in [0.25, 0.3) is 0 Å². The molecule has 150 valence electrons. The van der Waals surface area contributed by atoms with E-state index in [1.165, 1.54) is 0 Å². The quantitative estimate of drug-likeness (QED) is 0.669. The summed E-state index contributed by atoms with van der Waals surface area (Å²) < 4.78 is 6.24. The molecule has 1 fully saturated rings. The van der Waals surface area contributed by atoms with Crippen molar-refractivity contribution in [3.63, 3.8) is 0 Å². The minimum absolute atomic E-state index is 0.0785. The monoisotopic (exact) mass is 391 g/mol. The largest absolute Gasteiger partial charge is 0.370 e. The van der Waals surface area contributed by atoms with Crippen molar-refractivity contribution in [2.45, 2.75) is 25.8 Å². The van der Waals surface area contributed by atoms with Gasteiger partial charge in [-0.15, -0.1) is 0 Å². The predicted octanol–water partition coefficient (Wildman–Crippen LogP) is 2.23. The molecule has 1 unspecified atom stereocenters. The molecule has 0 saturated carbocycles. The van der Waals surface area contributed by atoms with Gasteiger partial charge >= 0.3 is 0 Å². The summed E-state index contributed by atoms with van der Waals surface area (Å²) in [4.78, 5) is 21.1.